The van der Waals surface area contributed by atoms with Crippen LogP contribution in [0.4, 0.5) is 27.5 Å². The van der Waals surface area contributed by atoms with E-state index >= 15 is 0 Å². The number of benzene rings is 2. The van der Waals surface area contributed by atoms with Crippen molar-refractivity contribution >= 4 is 40.6 Å². The average molecular weight is 478 g/mol. The minimum Gasteiger partial charge on any atom is -0.355 e. The maximum atomic E-state index is 13.7. The highest BCUT2D eigenvalue weighted by molar-refractivity contribution is 6.33. The van der Waals surface area contributed by atoms with Crippen LogP contribution < -0.4 is 16.0 Å². The minimum absolute atomic E-state index is 0.132. The Bertz CT molecular complexity index is 1390. The smallest absolute Gasteiger partial charge is 0.253 e. The molecule has 0 saturated carbocycles. The van der Waals surface area contributed by atoms with Crippen molar-refractivity contribution in [2.45, 2.75) is 19.4 Å². The van der Waals surface area contributed by atoms with E-state index in [-0.39, 0.29) is 16.4 Å². The second-order valence-corrected chi connectivity index (χ2v) is 8.24. The number of aromatic nitrogens is 4. The van der Waals surface area contributed by atoms with E-state index in [1.807, 2.05) is 24.5 Å². The number of rotatable bonds is 5. The number of aryl methyl sites for hydroxylation is 2. The number of hydrogen-bond acceptors (Lipinski definition) is 6. The molecule has 0 spiro atoms. The van der Waals surface area contributed by atoms with E-state index in [9.17, 15) is 9.18 Å². The molecule has 0 unspecified atom stereocenters. The van der Waals surface area contributed by atoms with Gasteiger partial charge in [-0.3, -0.25) is 4.79 Å². The monoisotopic (exact) mass is 477 g/mol. The fraction of sp³-hybridized carbons (Fsp3) is 0.167. The molecule has 0 bridgehead atoms. The zero-order valence-electron chi connectivity index (χ0n) is 18.3. The average Bonchev–Trinajstić information content (AvgIpc) is 3.24. The first kappa shape index (κ1) is 21.8. The SMILES string of the molecule is CNC(=O)c1cc(F)ccc1Nc1nc(Nc2ccc3c(c2)-c2nccn2CCC3)ncc1Cl. The third kappa shape index (κ3) is 4.29. The third-order valence-corrected chi connectivity index (χ3v) is 5.89. The van der Waals surface area contributed by atoms with E-state index in [2.05, 4.69) is 41.5 Å². The van der Waals surface area contributed by atoms with E-state index in [0.717, 1.165) is 42.5 Å². The molecule has 34 heavy (non-hydrogen) atoms. The first-order valence-corrected chi connectivity index (χ1v) is 11.1. The van der Waals surface area contributed by atoms with Crippen LogP contribution in [0.3, 0.4) is 0 Å². The molecule has 4 aromatic rings. The van der Waals surface area contributed by atoms with Gasteiger partial charge in [-0.05, 0) is 48.7 Å². The minimum atomic E-state index is -0.524. The summed E-state index contributed by atoms with van der Waals surface area (Å²) < 4.78 is 15.9. The van der Waals surface area contributed by atoms with Crippen molar-refractivity contribution in [1.82, 2.24) is 24.8 Å². The molecular weight excluding hydrogens is 457 g/mol. The summed E-state index contributed by atoms with van der Waals surface area (Å²) in [5.41, 5.74) is 3.61. The normalized spacial score (nSPS) is 12.3. The Morgan fingerprint density at radius 3 is 2.88 bits per heavy atom. The molecule has 0 saturated heterocycles. The number of hydrogen-bond donors (Lipinski definition) is 3. The molecule has 0 atom stereocenters. The van der Waals surface area contributed by atoms with Gasteiger partial charge in [0.2, 0.25) is 5.95 Å². The molecule has 10 heteroatoms. The highest BCUT2D eigenvalue weighted by Crippen LogP contribution is 2.32. The summed E-state index contributed by atoms with van der Waals surface area (Å²) in [5, 5.41) is 8.97. The van der Waals surface area contributed by atoms with Crippen molar-refractivity contribution in [1.29, 1.82) is 0 Å². The molecule has 0 radical (unpaired) electrons. The molecule has 2 aromatic carbocycles. The molecule has 5 rings (SSSR count). The van der Waals surface area contributed by atoms with Crippen LogP contribution >= 0.6 is 11.6 Å². The van der Waals surface area contributed by atoms with Gasteiger partial charge in [-0.25, -0.2) is 14.4 Å². The number of anilines is 4. The van der Waals surface area contributed by atoms with E-state index in [1.54, 1.807) is 0 Å². The molecule has 2 aromatic heterocycles. The van der Waals surface area contributed by atoms with Gasteiger partial charge in [0.15, 0.2) is 5.82 Å². The summed E-state index contributed by atoms with van der Waals surface area (Å²) in [4.78, 5) is 25.4. The highest BCUT2D eigenvalue weighted by Gasteiger charge is 2.17. The summed E-state index contributed by atoms with van der Waals surface area (Å²) in [7, 11) is 1.48. The Morgan fingerprint density at radius 2 is 2.03 bits per heavy atom. The molecular formula is C24H21ClFN7O. The lowest BCUT2D eigenvalue weighted by molar-refractivity contribution is 0.0963. The van der Waals surface area contributed by atoms with Gasteiger partial charge in [0.25, 0.3) is 5.91 Å². The van der Waals surface area contributed by atoms with Crippen molar-refractivity contribution < 1.29 is 9.18 Å². The van der Waals surface area contributed by atoms with Crippen LogP contribution in [0.5, 0.6) is 0 Å². The maximum absolute atomic E-state index is 13.7. The van der Waals surface area contributed by atoms with Gasteiger partial charge >= 0.3 is 0 Å². The summed E-state index contributed by atoms with van der Waals surface area (Å²) in [6, 6.07) is 9.96. The summed E-state index contributed by atoms with van der Waals surface area (Å²) in [5.74, 6) is 0.570. The predicted octanol–water partition coefficient (Wildman–Crippen LogP) is 4.93. The van der Waals surface area contributed by atoms with Gasteiger partial charge in [-0.15, -0.1) is 0 Å². The van der Waals surface area contributed by atoms with E-state index in [1.165, 1.54) is 30.9 Å². The number of nitrogens with zero attached hydrogens (tertiary/aromatic N) is 4. The number of carbonyl (C=O) groups excluding carboxylic acids is 1. The first-order chi connectivity index (χ1) is 16.5. The Kier molecular flexibility index (Phi) is 5.85. The molecule has 0 fully saturated rings. The lowest BCUT2D eigenvalue weighted by atomic mass is 10.0. The number of fused-ring (bicyclic) bond motifs is 3. The van der Waals surface area contributed by atoms with Crippen molar-refractivity contribution in [3.63, 3.8) is 0 Å². The molecule has 172 valence electrons. The van der Waals surface area contributed by atoms with E-state index in [4.69, 9.17) is 11.6 Å². The fourth-order valence-corrected chi connectivity index (χ4v) is 4.11. The van der Waals surface area contributed by atoms with Crippen molar-refractivity contribution in [3.05, 3.63) is 77.0 Å². The van der Waals surface area contributed by atoms with Crippen LogP contribution in [0.1, 0.15) is 22.3 Å². The van der Waals surface area contributed by atoms with Gasteiger partial charge < -0.3 is 20.5 Å². The number of nitrogens with one attached hydrogen (secondary N) is 3. The zero-order chi connectivity index (χ0) is 23.7. The Labute approximate surface area is 200 Å². The Morgan fingerprint density at radius 1 is 1.15 bits per heavy atom. The van der Waals surface area contributed by atoms with Gasteiger partial charge in [0.1, 0.15) is 16.7 Å². The van der Waals surface area contributed by atoms with Crippen LogP contribution in [0.25, 0.3) is 11.4 Å². The second kappa shape index (κ2) is 9.11. The van der Waals surface area contributed by atoms with Gasteiger partial charge in [-0.2, -0.15) is 4.98 Å². The predicted molar refractivity (Wildman–Crippen MR) is 129 cm³/mol. The van der Waals surface area contributed by atoms with Gasteiger partial charge in [-0.1, -0.05) is 17.7 Å². The van der Waals surface area contributed by atoms with Crippen LogP contribution in [0.15, 0.2) is 55.0 Å². The first-order valence-electron chi connectivity index (χ1n) is 10.7. The number of halogens is 2. The van der Waals surface area contributed by atoms with Crippen molar-refractivity contribution in [2.75, 3.05) is 17.7 Å². The second-order valence-electron chi connectivity index (χ2n) is 7.83. The van der Waals surface area contributed by atoms with Gasteiger partial charge in [0, 0.05) is 37.2 Å². The standard InChI is InChI=1S/C24H21ClFN7O/c1-27-23(34)18-11-15(26)5-7-20(18)31-21-19(25)13-29-24(32-21)30-16-6-4-14-3-2-9-33-10-8-28-22(33)17(14)12-16/h4-8,10-13H,2-3,9H2,1H3,(H,27,34)(H2,29,30,31,32). The molecule has 1 amide bonds. The number of carbonyl (C=O) groups is 1. The zero-order valence-corrected chi connectivity index (χ0v) is 19.0. The van der Waals surface area contributed by atoms with E-state index < -0.39 is 11.7 Å². The fourth-order valence-electron chi connectivity index (χ4n) is 3.97. The number of imidazole rings is 1. The lowest BCUT2D eigenvalue weighted by Gasteiger charge is -2.14. The quantitative estimate of drug-likeness (QED) is 0.377. The summed E-state index contributed by atoms with van der Waals surface area (Å²) in [6.07, 6.45) is 7.30. The van der Waals surface area contributed by atoms with Crippen LogP contribution in [0.2, 0.25) is 5.02 Å². The molecule has 8 nitrogen and oxygen atoms in total. The molecule has 1 aliphatic heterocycles. The van der Waals surface area contributed by atoms with Crippen LogP contribution in [-0.2, 0) is 13.0 Å². The van der Waals surface area contributed by atoms with E-state index in [0.29, 0.717) is 11.6 Å². The highest BCUT2D eigenvalue weighted by atomic mass is 35.5. The molecule has 3 N–H and O–H groups in total. The van der Waals surface area contributed by atoms with Gasteiger partial charge in [0.05, 0.1) is 17.4 Å². The molecule has 3 heterocycles. The third-order valence-electron chi connectivity index (χ3n) is 5.62. The summed E-state index contributed by atoms with van der Waals surface area (Å²) >= 11 is 6.30. The Hall–Kier alpha value is -3.98. The van der Waals surface area contributed by atoms with Crippen LogP contribution in [0, 0.1) is 5.82 Å². The van der Waals surface area contributed by atoms with Crippen LogP contribution in [-0.4, -0.2) is 32.5 Å². The molecule has 0 aliphatic carbocycles. The van der Waals surface area contributed by atoms with Crippen molar-refractivity contribution in [2.24, 2.45) is 0 Å². The number of amides is 1. The van der Waals surface area contributed by atoms with Crippen molar-refractivity contribution in [3.8, 4) is 11.4 Å². The lowest BCUT2D eigenvalue weighted by Crippen LogP contribution is -2.19. The Balaban J connectivity index is 1.44. The molecule has 1 aliphatic rings. The maximum Gasteiger partial charge on any atom is 0.253 e. The summed E-state index contributed by atoms with van der Waals surface area (Å²) in [6.45, 7) is 0.934. The topological polar surface area (TPSA) is 96.8 Å². The largest absolute Gasteiger partial charge is 0.355 e.